The summed E-state index contributed by atoms with van der Waals surface area (Å²) in [5.41, 5.74) is 0.752. The Morgan fingerprint density at radius 1 is 1.31 bits per heavy atom. The maximum Gasteiger partial charge on any atom is 0.368 e. The highest BCUT2D eigenvalue weighted by molar-refractivity contribution is 5.90. The highest BCUT2D eigenvalue weighted by atomic mass is 16.4. The summed E-state index contributed by atoms with van der Waals surface area (Å²) in [6.07, 6.45) is 0. The second-order valence-electron chi connectivity index (χ2n) is 3.86. The number of urea groups is 1. The van der Waals surface area contributed by atoms with Gasteiger partial charge in [0.25, 0.3) is 0 Å². The van der Waals surface area contributed by atoms with Crippen molar-refractivity contribution in [3.8, 4) is 0 Å². The van der Waals surface area contributed by atoms with E-state index >= 15 is 0 Å². The fourth-order valence-corrected chi connectivity index (χ4v) is 1.73. The molecule has 16 heavy (non-hydrogen) atoms. The minimum absolute atomic E-state index is 0.0577. The lowest BCUT2D eigenvalue weighted by Crippen LogP contribution is -2.30. The normalized spacial score (nSPS) is 13.3. The van der Waals surface area contributed by atoms with Crippen molar-refractivity contribution < 1.29 is 14.7 Å². The van der Waals surface area contributed by atoms with Gasteiger partial charge in [0, 0.05) is 0 Å². The molecular formula is C11H10N2O3. The zero-order valence-corrected chi connectivity index (χ0v) is 8.89. The molecule has 1 aliphatic rings. The second-order valence-corrected chi connectivity index (χ2v) is 3.86. The molecule has 0 saturated carbocycles. The SMILES string of the molecule is CC(C)c1ccc2c(c1C(=O)O)=NC(=O)N=2. The Hall–Kier alpha value is -2.04. The molecule has 1 N–H and O–H groups in total. The maximum absolute atomic E-state index is 11.2. The molecule has 0 aliphatic carbocycles. The molecule has 0 atom stereocenters. The molecule has 1 aromatic carbocycles. The van der Waals surface area contributed by atoms with Crippen molar-refractivity contribution in [2.45, 2.75) is 19.8 Å². The van der Waals surface area contributed by atoms with Crippen molar-refractivity contribution in [2.24, 2.45) is 9.98 Å². The fourth-order valence-electron chi connectivity index (χ4n) is 1.73. The van der Waals surface area contributed by atoms with Gasteiger partial charge in [-0.3, -0.25) is 0 Å². The van der Waals surface area contributed by atoms with Gasteiger partial charge in [0.1, 0.15) is 5.36 Å². The van der Waals surface area contributed by atoms with Gasteiger partial charge < -0.3 is 5.11 Å². The number of carbonyl (C=O) groups is 2. The third-order valence-electron chi connectivity index (χ3n) is 2.45. The van der Waals surface area contributed by atoms with Crippen LogP contribution < -0.4 is 10.7 Å². The first kappa shape index (κ1) is 10.5. The molecule has 82 valence electrons. The van der Waals surface area contributed by atoms with E-state index in [9.17, 15) is 9.59 Å². The van der Waals surface area contributed by atoms with Crippen LogP contribution in [0.5, 0.6) is 0 Å². The summed E-state index contributed by atoms with van der Waals surface area (Å²) >= 11 is 0. The number of carboxylic acid groups (broad SMARTS) is 1. The lowest BCUT2D eigenvalue weighted by Gasteiger charge is -2.08. The predicted molar refractivity (Wildman–Crippen MR) is 55.2 cm³/mol. The van der Waals surface area contributed by atoms with Gasteiger partial charge in [0.05, 0.1) is 10.9 Å². The Labute approximate surface area is 91.2 Å². The predicted octanol–water partition coefficient (Wildman–Crippen LogP) is 0.881. The van der Waals surface area contributed by atoms with Crippen LogP contribution in [0, 0.1) is 0 Å². The molecule has 2 amide bonds. The molecule has 0 spiro atoms. The van der Waals surface area contributed by atoms with Crippen molar-refractivity contribution >= 4 is 12.0 Å². The number of hydrogen-bond acceptors (Lipinski definition) is 2. The molecule has 1 aromatic rings. The first-order valence-electron chi connectivity index (χ1n) is 4.88. The number of carbonyl (C=O) groups excluding carboxylic acids is 1. The number of rotatable bonds is 2. The summed E-state index contributed by atoms with van der Waals surface area (Å²) in [5, 5.41) is 9.68. The van der Waals surface area contributed by atoms with Crippen LogP contribution in [-0.2, 0) is 0 Å². The molecule has 5 nitrogen and oxygen atoms in total. The van der Waals surface area contributed by atoms with Gasteiger partial charge in [0.15, 0.2) is 0 Å². The molecule has 0 aromatic heterocycles. The van der Waals surface area contributed by atoms with E-state index < -0.39 is 12.0 Å². The Bertz CT molecular complexity index is 602. The zero-order chi connectivity index (χ0) is 11.9. The summed E-state index contributed by atoms with van der Waals surface area (Å²) in [5.74, 6) is -1.02. The van der Waals surface area contributed by atoms with Gasteiger partial charge in [-0.2, -0.15) is 9.98 Å². The summed E-state index contributed by atoms with van der Waals surface area (Å²) < 4.78 is 0. The third-order valence-corrected chi connectivity index (χ3v) is 2.45. The standard InChI is InChI=1S/C11H10N2O3/c1-5(2)6-3-4-7-9(8(6)10(14)15)13-11(16)12-7/h3-5H,1-2H3,(H,14,15). The first-order chi connectivity index (χ1) is 7.50. The average molecular weight is 218 g/mol. The second kappa shape index (κ2) is 3.52. The van der Waals surface area contributed by atoms with Crippen LogP contribution in [0.25, 0.3) is 0 Å². The van der Waals surface area contributed by atoms with Gasteiger partial charge in [-0.15, -0.1) is 0 Å². The van der Waals surface area contributed by atoms with Crippen molar-refractivity contribution in [1.82, 2.24) is 0 Å². The number of benzene rings is 1. The van der Waals surface area contributed by atoms with E-state index in [1.165, 1.54) is 0 Å². The van der Waals surface area contributed by atoms with E-state index in [4.69, 9.17) is 5.11 Å². The lowest BCUT2D eigenvalue weighted by atomic mass is 9.96. The number of nitrogens with zero attached hydrogens (tertiary/aromatic N) is 2. The van der Waals surface area contributed by atoms with Crippen LogP contribution >= 0.6 is 0 Å². The number of fused-ring (bicyclic) bond motifs is 1. The summed E-state index contributed by atoms with van der Waals surface area (Å²) in [6, 6.07) is 2.68. The Morgan fingerprint density at radius 2 is 2.00 bits per heavy atom. The van der Waals surface area contributed by atoms with Gasteiger partial charge in [0.2, 0.25) is 0 Å². The summed E-state index contributed by atoms with van der Waals surface area (Å²) in [7, 11) is 0. The topological polar surface area (TPSA) is 79.1 Å². The van der Waals surface area contributed by atoms with Crippen LogP contribution in [-0.4, -0.2) is 17.1 Å². The first-order valence-corrected chi connectivity index (χ1v) is 4.88. The smallest absolute Gasteiger partial charge is 0.368 e. The van der Waals surface area contributed by atoms with Crippen molar-refractivity contribution in [2.75, 3.05) is 0 Å². The van der Waals surface area contributed by atoms with E-state index in [1.54, 1.807) is 12.1 Å². The van der Waals surface area contributed by atoms with Crippen LogP contribution in [0.15, 0.2) is 22.1 Å². The van der Waals surface area contributed by atoms with Crippen LogP contribution in [0.1, 0.15) is 35.7 Å². The monoisotopic (exact) mass is 218 g/mol. The fraction of sp³-hybridized carbons (Fsp3) is 0.273. The zero-order valence-electron chi connectivity index (χ0n) is 8.89. The average Bonchev–Trinajstić information content (AvgIpc) is 2.55. The maximum atomic E-state index is 11.2. The number of aromatic carboxylic acids is 1. The molecule has 0 bridgehead atoms. The van der Waals surface area contributed by atoms with E-state index in [-0.39, 0.29) is 16.8 Å². The van der Waals surface area contributed by atoms with Gasteiger partial charge in [-0.25, -0.2) is 9.59 Å². The van der Waals surface area contributed by atoms with Crippen molar-refractivity contribution in [3.63, 3.8) is 0 Å². The Morgan fingerprint density at radius 3 is 2.56 bits per heavy atom. The molecule has 1 heterocycles. The van der Waals surface area contributed by atoms with E-state index in [0.29, 0.717) is 10.9 Å². The third kappa shape index (κ3) is 1.50. The van der Waals surface area contributed by atoms with Crippen LogP contribution in [0.3, 0.4) is 0 Å². The van der Waals surface area contributed by atoms with Gasteiger partial charge in [-0.1, -0.05) is 19.9 Å². The highest BCUT2D eigenvalue weighted by Crippen LogP contribution is 2.15. The van der Waals surface area contributed by atoms with Crippen molar-refractivity contribution in [1.29, 1.82) is 0 Å². The van der Waals surface area contributed by atoms with E-state index in [0.717, 1.165) is 0 Å². The van der Waals surface area contributed by atoms with Gasteiger partial charge in [-0.05, 0) is 17.5 Å². The molecule has 1 aliphatic heterocycles. The highest BCUT2D eigenvalue weighted by Gasteiger charge is 2.19. The van der Waals surface area contributed by atoms with Gasteiger partial charge >= 0.3 is 12.0 Å². The molecule has 0 fully saturated rings. The minimum Gasteiger partial charge on any atom is -0.478 e. The molecule has 0 saturated heterocycles. The summed E-state index contributed by atoms with van der Waals surface area (Å²) in [6.45, 7) is 3.78. The number of carboxylic acids is 1. The molecule has 0 radical (unpaired) electrons. The van der Waals surface area contributed by atoms with Crippen LogP contribution in [0.4, 0.5) is 4.79 Å². The largest absolute Gasteiger partial charge is 0.478 e. The van der Waals surface area contributed by atoms with E-state index in [2.05, 4.69) is 9.98 Å². The minimum atomic E-state index is -1.07. The Kier molecular flexibility index (Phi) is 2.30. The number of hydrogen-bond donors (Lipinski definition) is 1. The lowest BCUT2D eigenvalue weighted by molar-refractivity contribution is 0.0693. The molecule has 0 unspecified atom stereocenters. The Balaban J connectivity index is 2.88. The molecule has 2 rings (SSSR count). The summed E-state index contributed by atoms with van der Waals surface area (Å²) in [4.78, 5) is 29.5. The van der Waals surface area contributed by atoms with Crippen molar-refractivity contribution in [3.05, 3.63) is 34.0 Å². The van der Waals surface area contributed by atoms with E-state index in [1.807, 2.05) is 13.8 Å². The molecular weight excluding hydrogens is 208 g/mol. The van der Waals surface area contributed by atoms with Crippen LogP contribution in [0.2, 0.25) is 0 Å². The number of amides is 2. The quantitative estimate of drug-likeness (QED) is 0.800. The molecule has 5 heteroatoms.